The van der Waals surface area contributed by atoms with Gasteiger partial charge in [0.05, 0.1) is 0 Å². The summed E-state index contributed by atoms with van der Waals surface area (Å²) in [5.74, 6) is -0.720. The smallest absolute Gasteiger partial charge is 0.255 e. The maximum absolute atomic E-state index is 13.2. The van der Waals surface area contributed by atoms with Crippen LogP contribution < -0.4 is 5.32 Å². The fourth-order valence-electron chi connectivity index (χ4n) is 2.29. The summed E-state index contributed by atoms with van der Waals surface area (Å²) in [5.41, 5.74) is 2.17. The summed E-state index contributed by atoms with van der Waals surface area (Å²) in [4.78, 5) is 14.4. The zero-order valence-electron chi connectivity index (χ0n) is 13.0. The molecule has 0 aromatic heterocycles. The van der Waals surface area contributed by atoms with Crippen LogP contribution in [-0.2, 0) is 6.54 Å². The molecule has 0 saturated heterocycles. The van der Waals surface area contributed by atoms with Crippen LogP contribution in [0.25, 0.3) is 0 Å². The predicted molar refractivity (Wildman–Crippen MR) is 87.4 cm³/mol. The lowest BCUT2D eigenvalue weighted by molar-refractivity contribution is 0.102. The Hall–Kier alpha value is -2.20. The van der Waals surface area contributed by atoms with Crippen LogP contribution in [0.15, 0.2) is 48.5 Å². The first-order valence-corrected chi connectivity index (χ1v) is 7.50. The van der Waals surface area contributed by atoms with Crippen molar-refractivity contribution in [2.45, 2.75) is 20.4 Å². The molecule has 0 heterocycles. The standard InChI is InChI=1S/C18H21FN2O/c1-3-21(4-2)13-14-7-5-10-17(11-14)20-18(22)15-8-6-9-16(19)12-15/h5-12H,3-4,13H2,1-2H3,(H,20,22). The van der Waals surface area contributed by atoms with E-state index in [1.165, 1.54) is 18.2 Å². The van der Waals surface area contributed by atoms with Crippen molar-refractivity contribution < 1.29 is 9.18 Å². The van der Waals surface area contributed by atoms with Gasteiger partial charge in [-0.2, -0.15) is 0 Å². The number of hydrogen-bond donors (Lipinski definition) is 1. The molecular formula is C18H21FN2O. The van der Waals surface area contributed by atoms with Gasteiger partial charge in [-0.3, -0.25) is 9.69 Å². The minimum atomic E-state index is -0.414. The molecule has 1 amide bonds. The molecule has 0 aliphatic rings. The summed E-state index contributed by atoms with van der Waals surface area (Å²) in [7, 11) is 0. The van der Waals surface area contributed by atoms with Crippen LogP contribution >= 0.6 is 0 Å². The van der Waals surface area contributed by atoms with E-state index in [1.54, 1.807) is 6.07 Å². The van der Waals surface area contributed by atoms with Crippen molar-refractivity contribution in [3.63, 3.8) is 0 Å². The van der Waals surface area contributed by atoms with Crippen LogP contribution in [0.4, 0.5) is 10.1 Å². The molecule has 2 aromatic rings. The zero-order valence-corrected chi connectivity index (χ0v) is 13.0. The molecule has 2 aromatic carbocycles. The predicted octanol–water partition coefficient (Wildman–Crippen LogP) is 3.92. The number of carbonyl (C=O) groups excluding carboxylic acids is 1. The molecule has 116 valence electrons. The third-order valence-electron chi connectivity index (χ3n) is 3.57. The van der Waals surface area contributed by atoms with Gasteiger partial charge in [-0.05, 0) is 49.0 Å². The van der Waals surface area contributed by atoms with Gasteiger partial charge < -0.3 is 5.32 Å². The van der Waals surface area contributed by atoms with Crippen molar-refractivity contribution in [3.8, 4) is 0 Å². The Morgan fingerprint density at radius 3 is 2.50 bits per heavy atom. The number of benzene rings is 2. The Kier molecular flexibility index (Phi) is 5.67. The molecule has 22 heavy (non-hydrogen) atoms. The van der Waals surface area contributed by atoms with Gasteiger partial charge in [0.25, 0.3) is 5.91 Å². The third-order valence-corrected chi connectivity index (χ3v) is 3.57. The normalized spacial score (nSPS) is 10.7. The lowest BCUT2D eigenvalue weighted by atomic mass is 10.1. The number of nitrogens with zero attached hydrogens (tertiary/aromatic N) is 1. The molecule has 2 rings (SSSR count). The van der Waals surface area contributed by atoms with E-state index in [9.17, 15) is 9.18 Å². The quantitative estimate of drug-likeness (QED) is 0.877. The molecule has 0 atom stereocenters. The minimum absolute atomic E-state index is 0.306. The Morgan fingerprint density at radius 2 is 1.82 bits per heavy atom. The first kappa shape index (κ1) is 16.2. The molecule has 0 bridgehead atoms. The molecule has 0 spiro atoms. The fraction of sp³-hybridized carbons (Fsp3) is 0.278. The van der Waals surface area contributed by atoms with Crippen LogP contribution in [0.1, 0.15) is 29.8 Å². The number of hydrogen-bond acceptors (Lipinski definition) is 2. The maximum atomic E-state index is 13.2. The van der Waals surface area contributed by atoms with E-state index in [1.807, 2.05) is 24.3 Å². The van der Waals surface area contributed by atoms with Gasteiger partial charge in [-0.25, -0.2) is 4.39 Å². The van der Waals surface area contributed by atoms with Gasteiger partial charge in [0, 0.05) is 17.8 Å². The van der Waals surface area contributed by atoms with Crippen molar-refractivity contribution >= 4 is 11.6 Å². The molecule has 0 aliphatic carbocycles. The van der Waals surface area contributed by atoms with Crippen molar-refractivity contribution in [1.82, 2.24) is 4.90 Å². The molecule has 4 heteroatoms. The molecule has 1 N–H and O–H groups in total. The summed E-state index contributed by atoms with van der Waals surface area (Å²) in [6.07, 6.45) is 0. The van der Waals surface area contributed by atoms with E-state index < -0.39 is 5.82 Å². The highest BCUT2D eigenvalue weighted by Crippen LogP contribution is 2.14. The van der Waals surface area contributed by atoms with Crippen molar-refractivity contribution in [1.29, 1.82) is 0 Å². The maximum Gasteiger partial charge on any atom is 0.255 e. The Morgan fingerprint density at radius 1 is 1.09 bits per heavy atom. The van der Waals surface area contributed by atoms with Crippen LogP contribution in [0.3, 0.4) is 0 Å². The Balaban J connectivity index is 2.08. The largest absolute Gasteiger partial charge is 0.322 e. The number of carbonyl (C=O) groups is 1. The molecule has 0 saturated carbocycles. The van der Waals surface area contributed by atoms with Crippen LogP contribution in [0.5, 0.6) is 0 Å². The topological polar surface area (TPSA) is 32.3 Å². The minimum Gasteiger partial charge on any atom is -0.322 e. The average Bonchev–Trinajstić information content (AvgIpc) is 2.53. The number of amides is 1. The fourth-order valence-corrected chi connectivity index (χ4v) is 2.29. The average molecular weight is 300 g/mol. The van der Waals surface area contributed by atoms with Gasteiger partial charge in [-0.15, -0.1) is 0 Å². The molecular weight excluding hydrogens is 279 g/mol. The van der Waals surface area contributed by atoms with Crippen molar-refractivity contribution in [2.75, 3.05) is 18.4 Å². The first-order chi connectivity index (χ1) is 10.6. The highest BCUT2D eigenvalue weighted by atomic mass is 19.1. The first-order valence-electron chi connectivity index (χ1n) is 7.50. The van der Waals surface area contributed by atoms with E-state index >= 15 is 0 Å². The van der Waals surface area contributed by atoms with Crippen molar-refractivity contribution in [2.24, 2.45) is 0 Å². The van der Waals surface area contributed by atoms with E-state index in [0.717, 1.165) is 30.9 Å². The molecule has 0 radical (unpaired) electrons. The molecule has 0 aliphatic heterocycles. The summed E-state index contributed by atoms with van der Waals surface area (Å²) >= 11 is 0. The third kappa shape index (κ3) is 4.40. The van der Waals surface area contributed by atoms with E-state index in [0.29, 0.717) is 5.56 Å². The van der Waals surface area contributed by atoms with Crippen molar-refractivity contribution in [3.05, 3.63) is 65.5 Å². The van der Waals surface area contributed by atoms with E-state index in [-0.39, 0.29) is 5.91 Å². The monoisotopic (exact) mass is 300 g/mol. The van der Waals surface area contributed by atoms with E-state index in [4.69, 9.17) is 0 Å². The number of nitrogens with one attached hydrogen (secondary N) is 1. The number of rotatable bonds is 6. The zero-order chi connectivity index (χ0) is 15.9. The summed E-state index contributed by atoms with van der Waals surface area (Å²) in [6.45, 7) is 7.06. The summed E-state index contributed by atoms with van der Waals surface area (Å²) in [6, 6.07) is 13.4. The van der Waals surface area contributed by atoms with Crippen LogP contribution in [-0.4, -0.2) is 23.9 Å². The number of anilines is 1. The van der Waals surface area contributed by atoms with Gasteiger partial charge in [0.15, 0.2) is 0 Å². The Labute approximate surface area is 130 Å². The molecule has 0 fully saturated rings. The molecule has 0 unspecified atom stereocenters. The van der Waals surface area contributed by atoms with Crippen LogP contribution in [0, 0.1) is 5.82 Å². The van der Waals surface area contributed by atoms with Crippen LogP contribution in [0.2, 0.25) is 0 Å². The van der Waals surface area contributed by atoms with Gasteiger partial charge in [-0.1, -0.05) is 32.0 Å². The second kappa shape index (κ2) is 7.71. The highest BCUT2D eigenvalue weighted by Gasteiger charge is 2.08. The second-order valence-electron chi connectivity index (χ2n) is 5.13. The van der Waals surface area contributed by atoms with Gasteiger partial charge in [0.2, 0.25) is 0 Å². The summed E-state index contributed by atoms with van der Waals surface area (Å²) < 4.78 is 13.2. The van der Waals surface area contributed by atoms with Gasteiger partial charge >= 0.3 is 0 Å². The molecule has 3 nitrogen and oxygen atoms in total. The summed E-state index contributed by atoms with van der Waals surface area (Å²) in [5, 5.41) is 2.81. The van der Waals surface area contributed by atoms with E-state index in [2.05, 4.69) is 24.1 Å². The Bertz CT molecular complexity index is 638. The van der Waals surface area contributed by atoms with Gasteiger partial charge in [0.1, 0.15) is 5.82 Å². The highest BCUT2D eigenvalue weighted by molar-refractivity contribution is 6.04. The SMILES string of the molecule is CCN(CC)Cc1cccc(NC(=O)c2cccc(F)c2)c1. The lowest BCUT2D eigenvalue weighted by Crippen LogP contribution is -2.22. The lowest BCUT2D eigenvalue weighted by Gasteiger charge is -2.18. The second-order valence-corrected chi connectivity index (χ2v) is 5.13. The number of halogens is 1.